The molecule has 0 atom stereocenters. The van der Waals surface area contributed by atoms with E-state index in [1.807, 2.05) is 30.3 Å². The first kappa shape index (κ1) is 22.0. The number of ether oxygens (including phenoxy) is 1. The van der Waals surface area contributed by atoms with Crippen molar-refractivity contribution in [3.05, 3.63) is 59.8 Å². The second-order valence-corrected chi connectivity index (χ2v) is 6.96. The van der Waals surface area contributed by atoms with Crippen LogP contribution in [0.5, 0.6) is 0 Å². The lowest BCUT2D eigenvalue weighted by atomic mass is 10.0. The van der Waals surface area contributed by atoms with Crippen molar-refractivity contribution in [2.75, 3.05) is 11.9 Å². The normalized spacial score (nSPS) is 14.5. The molecule has 162 valence electrons. The fourth-order valence-electron chi connectivity index (χ4n) is 2.79. The highest BCUT2D eigenvalue weighted by molar-refractivity contribution is 6.06. The van der Waals surface area contributed by atoms with E-state index in [9.17, 15) is 4.79 Å². The Morgan fingerprint density at radius 2 is 1.84 bits per heavy atom. The van der Waals surface area contributed by atoms with E-state index in [1.54, 1.807) is 25.1 Å². The standard InChI is InChI=1S/C21H25N7O3/c1-3-4-8-14-30-20(29)23-18-13-9-12-17(22-18)15-31-24-19(16-10-6-5-7-11-16)21(2)25-27-28-26-21/h5-7,9-13H,3-4,8,14-15H2,1-2H3,(H,22,23,29)/b24-19-. The summed E-state index contributed by atoms with van der Waals surface area (Å²) in [5.74, 6) is 0.374. The van der Waals surface area contributed by atoms with Gasteiger partial charge in [0.25, 0.3) is 0 Å². The fraction of sp³-hybridized carbons (Fsp3) is 0.381. The number of benzene rings is 1. The molecule has 0 bridgehead atoms. The first-order chi connectivity index (χ1) is 15.1. The highest BCUT2D eigenvalue weighted by Gasteiger charge is 2.35. The molecule has 0 saturated carbocycles. The van der Waals surface area contributed by atoms with Crippen molar-refractivity contribution in [2.45, 2.75) is 45.4 Å². The van der Waals surface area contributed by atoms with Crippen molar-refractivity contribution < 1.29 is 14.4 Å². The maximum absolute atomic E-state index is 11.9. The summed E-state index contributed by atoms with van der Waals surface area (Å²) in [4.78, 5) is 21.8. The Morgan fingerprint density at radius 3 is 2.58 bits per heavy atom. The van der Waals surface area contributed by atoms with Crippen LogP contribution in [0.4, 0.5) is 10.6 Å². The molecule has 10 nitrogen and oxygen atoms in total. The molecule has 2 heterocycles. The predicted octanol–water partition coefficient (Wildman–Crippen LogP) is 5.29. The van der Waals surface area contributed by atoms with Crippen molar-refractivity contribution in [1.82, 2.24) is 4.98 Å². The van der Waals surface area contributed by atoms with Gasteiger partial charge in [0.1, 0.15) is 11.5 Å². The summed E-state index contributed by atoms with van der Waals surface area (Å²) in [6.07, 6.45) is 2.39. The van der Waals surface area contributed by atoms with E-state index in [1.165, 1.54) is 0 Å². The molecule has 10 heteroatoms. The van der Waals surface area contributed by atoms with Gasteiger partial charge in [0.2, 0.25) is 5.66 Å². The van der Waals surface area contributed by atoms with Gasteiger partial charge >= 0.3 is 6.09 Å². The van der Waals surface area contributed by atoms with Crippen molar-refractivity contribution in [2.24, 2.45) is 25.8 Å². The summed E-state index contributed by atoms with van der Waals surface area (Å²) in [5, 5.41) is 22.2. The second-order valence-electron chi connectivity index (χ2n) is 6.96. The summed E-state index contributed by atoms with van der Waals surface area (Å²) >= 11 is 0. The molecular weight excluding hydrogens is 398 g/mol. The molecule has 0 unspecified atom stereocenters. The van der Waals surface area contributed by atoms with E-state index < -0.39 is 11.8 Å². The molecule has 31 heavy (non-hydrogen) atoms. The minimum Gasteiger partial charge on any atom is -0.449 e. The van der Waals surface area contributed by atoms with Crippen LogP contribution >= 0.6 is 0 Å². The molecule has 0 radical (unpaired) electrons. The average molecular weight is 423 g/mol. The zero-order chi connectivity index (χ0) is 21.9. The van der Waals surface area contributed by atoms with Crippen molar-refractivity contribution in [3.63, 3.8) is 0 Å². The third-order valence-electron chi connectivity index (χ3n) is 4.40. The van der Waals surface area contributed by atoms with Gasteiger partial charge in [-0.05, 0) is 35.9 Å². The quantitative estimate of drug-likeness (QED) is 0.317. The lowest BCUT2D eigenvalue weighted by Gasteiger charge is -2.16. The van der Waals surface area contributed by atoms with Crippen LogP contribution < -0.4 is 5.32 Å². The lowest BCUT2D eigenvalue weighted by Crippen LogP contribution is -2.30. The molecule has 3 rings (SSSR count). The van der Waals surface area contributed by atoms with Gasteiger partial charge in [0, 0.05) is 5.56 Å². The molecule has 1 aliphatic rings. The summed E-state index contributed by atoms with van der Waals surface area (Å²) in [7, 11) is 0. The number of pyridine rings is 1. The van der Waals surface area contributed by atoms with Crippen LogP contribution in [-0.2, 0) is 16.2 Å². The number of oxime groups is 1. The fourth-order valence-corrected chi connectivity index (χ4v) is 2.79. The van der Waals surface area contributed by atoms with Crippen molar-refractivity contribution >= 4 is 17.6 Å². The van der Waals surface area contributed by atoms with Gasteiger partial charge in [-0.3, -0.25) is 5.32 Å². The number of anilines is 1. The number of carbonyl (C=O) groups is 1. The van der Waals surface area contributed by atoms with Crippen LogP contribution in [0.2, 0.25) is 0 Å². The van der Waals surface area contributed by atoms with Gasteiger partial charge in [-0.1, -0.05) is 61.3 Å². The third-order valence-corrected chi connectivity index (χ3v) is 4.40. The minimum absolute atomic E-state index is 0.0851. The molecule has 0 fully saturated rings. The van der Waals surface area contributed by atoms with Gasteiger partial charge in [-0.2, -0.15) is 0 Å². The first-order valence-electron chi connectivity index (χ1n) is 10.1. The highest BCUT2D eigenvalue weighted by atomic mass is 16.6. The van der Waals surface area contributed by atoms with Gasteiger partial charge < -0.3 is 9.57 Å². The Kier molecular flexibility index (Phi) is 7.74. The van der Waals surface area contributed by atoms with E-state index in [4.69, 9.17) is 9.57 Å². The van der Waals surface area contributed by atoms with Crippen LogP contribution in [0.25, 0.3) is 0 Å². The largest absolute Gasteiger partial charge is 0.449 e. The maximum Gasteiger partial charge on any atom is 0.412 e. The summed E-state index contributed by atoms with van der Waals surface area (Å²) < 4.78 is 5.14. The number of nitrogens with one attached hydrogen (secondary N) is 1. The van der Waals surface area contributed by atoms with Crippen molar-refractivity contribution in [3.8, 4) is 0 Å². The first-order valence-corrected chi connectivity index (χ1v) is 10.1. The van der Waals surface area contributed by atoms with E-state index in [0.717, 1.165) is 24.8 Å². The summed E-state index contributed by atoms with van der Waals surface area (Å²) in [5.41, 5.74) is 0.793. The Hall–Kier alpha value is -3.69. The molecule has 0 saturated heterocycles. The van der Waals surface area contributed by atoms with Crippen LogP contribution in [0.1, 0.15) is 44.4 Å². The number of nitrogens with zero attached hydrogens (tertiary/aromatic N) is 6. The zero-order valence-electron chi connectivity index (χ0n) is 17.6. The third kappa shape index (κ3) is 6.39. The van der Waals surface area contributed by atoms with Crippen LogP contribution in [-0.4, -0.2) is 29.1 Å². The van der Waals surface area contributed by atoms with Gasteiger partial charge in [0.05, 0.1) is 12.3 Å². The van der Waals surface area contributed by atoms with E-state index in [-0.39, 0.29) is 6.61 Å². The van der Waals surface area contributed by atoms with Gasteiger partial charge in [0.15, 0.2) is 6.61 Å². The SMILES string of the molecule is CCCCCOC(=O)Nc1cccc(CO/N=C(/c2ccccc2)C2(C)N=NN=N2)n1. The Labute approximate surface area is 180 Å². The molecule has 0 aliphatic carbocycles. The Morgan fingerprint density at radius 1 is 1.06 bits per heavy atom. The minimum atomic E-state index is -1.06. The van der Waals surface area contributed by atoms with E-state index in [0.29, 0.717) is 23.8 Å². The smallest absolute Gasteiger partial charge is 0.412 e. The molecule has 2 aromatic rings. The average Bonchev–Trinajstić information content (AvgIpc) is 3.22. The van der Waals surface area contributed by atoms with Gasteiger partial charge in [-0.15, -0.1) is 10.2 Å². The Balaban J connectivity index is 1.62. The lowest BCUT2D eigenvalue weighted by molar-refractivity contribution is 0.126. The number of carbonyl (C=O) groups excluding carboxylic acids is 1. The molecule has 1 amide bonds. The monoisotopic (exact) mass is 423 g/mol. The predicted molar refractivity (Wildman–Crippen MR) is 115 cm³/mol. The number of hydrogen-bond donors (Lipinski definition) is 1. The Bertz CT molecular complexity index is 948. The molecule has 1 aromatic heterocycles. The van der Waals surface area contributed by atoms with E-state index >= 15 is 0 Å². The summed E-state index contributed by atoms with van der Waals surface area (Å²) in [6, 6.07) is 14.6. The molecule has 0 spiro atoms. The van der Waals surface area contributed by atoms with Gasteiger partial charge in [-0.25, -0.2) is 9.78 Å². The van der Waals surface area contributed by atoms with Crippen LogP contribution in [0.15, 0.2) is 74.4 Å². The second kappa shape index (κ2) is 10.9. The molecule has 1 N–H and O–H groups in total. The van der Waals surface area contributed by atoms with E-state index in [2.05, 4.69) is 43.1 Å². The maximum atomic E-state index is 11.9. The van der Waals surface area contributed by atoms with Crippen molar-refractivity contribution in [1.29, 1.82) is 0 Å². The number of rotatable bonds is 10. The number of hydrogen-bond acceptors (Lipinski definition) is 9. The summed E-state index contributed by atoms with van der Waals surface area (Å²) in [6.45, 7) is 4.30. The van der Waals surface area contributed by atoms with Crippen LogP contribution in [0.3, 0.4) is 0 Å². The number of amides is 1. The number of aromatic nitrogens is 1. The topological polar surface area (TPSA) is 122 Å². The van der Waals surface area contributed by atoms with Crippen LogP contribution in [0, 0.1) is 0 Å². The molecule has 1 aliphatic heterocycles. The number of unbranched alkanes of at least 4 members (excludes halogenated alkanes) is 2. The molecule has 1 aromatic carbocycles. The zero-order valence-corrected chi connectivity index (χ0v) is 17.6. The highest BCUT2D eigenvalue weighted by Crippen LogP contribution is 2.25. The molecular formula is C21H25N7O3.